The topological polar surface area (TPSA) is 61.9 Å². The molecule has 0 radical (unpaired) electrons. The molecule has 0 unspecified atom stereocenters. The van der Waals surface area contributed by atoms with Crippen molar-refractivity contribution in [1.82, 2.24) is 20.1 Å². The Morgan fingerprint density at radius 2 is 1.88 bits per heavy atom. The Morgan fingerprint density at radius 3 is 2.62 bits per heavy atom. The molecular formula is C18H15ClN4O. The fraction of sp³-hybridized carbons (Fsp3) is 0.167. The van der Waals surface area contributed by atoms with Crippen LogP contribution in [0, 0.1) is 0 Å². The number of hydrogen-bond donors (Lipinski definition) is 1. The van der Waals surface area contributed by atoms with Crippen LogP contribution < -0.4 is 0 Å². The lowest BCUT2D eigenvalue weighted by molar-refractivity contribution is 0.0734. The first-order valence-electron chi connectivity index (χ1n) is 7.74. The van der Waals surface area contributed by atoms with Gasteiger partial charge in [-0.3, -0.25) is 14.9 Å². The molecule has 4 rings (SSSR count). The number of carbonyl (C=O) groups is 1. The number of hydrogen-bond acceptors (Lipinski definition) is 3. The standard InChI is InChI=1S/C18H15ClN4O/c19-14-3-1-12(2-4-14)17-15-11-23(10-7-16(15)21-22-17)18(24)13-5-8-20-9-6-13/h1-6,8-9H,7,10-11H2,(H,21,22). The van der Waals surface area contributed by atoms with E-state index in [1.807, 2.05) is 29.2 Å². The van der Waals surface area contributed by atoms with Gasteiger partial charge in [0.2, 0.25) is 0 Å². The van der Waals surface area contributed by atoms with Crippen LogP contribution in [0.3, 0.4) is 0 Å². The van der Waals surface area contributed by atoms with E-state index in [2.05, 4.69) is 15.2 Å². The minimum atomic E-state index is 0.0197. The van der Waals surface area contributed by atoms with Crippen LogP contribution in [-0.4, -0.2) is 32.5 Å². The number of halogens is 1. The first-order chi connectivity index (χ1) is 11.7. The van der Waals surface area contributed by atoms with Crippen LogP contribution in [0.5, 0.6) is 0 Å². The summed E-state index contributed by atoms with van der Waals surface area (Å²) in [6.45, 7) is 1.22. The first-order valence-corrected chi connectivity index (χ1v) is 8.11. The number of fused-ring (bicyclic) bond motifs is 1. The molecule has 0 bridgehead atoms. The molecule has 24 heavy (non-hydrogen) atoms. The zero-order valence-corrected chi connectivity index (χ0v) is 13.6. The second kappa shape index (κ2) is 6.09. The van der Waals surface area contributed by atoms with E-state index in [9.17, 15) is 4.79 Å². The van der Waals surface area contributed by atoms with Gasteiger partial charge in [-0.15, -0.1) is 0 Å². The smallest absolute Gasteiger partial charge is 0.254 e. The Balaban J connectivity index is 1.64. The SMILES string of the molecule is O=C(c1ccncc1)N1CCc2[nH]nc(-c3ccc(Cl)cc3)c2C1. The van der Waals surface area contributed by atoms with Crippen molar-refractivity contribution in [3.8, 4) is 11.3 Å². The largest absolute Gasteiger partial charge is 0.334 e. The summed E-state index contributed by atoms with van der Waals surface area (Å²) < 4.78 is 0. The van der Waals surface area contributed by atoms with Gasteiger partial charge in [0, 0.05) is 59.3 Å². The third kappa shape index (κ3) is 2.67. The molecule has 1 aromatic carbocycles. The Bertz CT molecular complexity index is 874. The van der Waals surface area contributed by atoms with Gasteiger partial charge in [0.15, 0.2) is 0 Å². The van der Waals surface area contributed by atoms with Crippen LogP contribution in [0.4, 0.5) is 0 Å². The number of aromatic amines is 1. The summed E-state index contributed by atoms with van der Waals surface area (Å²) in [5.74, 6) is 0.0197. The summed E-state index contributed by atoms with van der Waals surface area (Å²) in [5, 5.41) is 8.25. The number of nitrogens with zero attached hydrogens (tertiary/aromatic N) is 3. The predicted molar refractivity (Wildman–Crippen MR) is 91.7 cm³/mol. The summed E-state index contributed by atoms with van der Waals surface area (Å²) >= 11 is 5.96. The average molecular weight is 339 g/mol. The number of pyridine rings is 1. The monoisotopic (exact) mass is 338 g/mol. The highest BCUT2D eigenvalue weighted by atomic mass is 35.5. The molecule has 0 saturated heterocycles. The van der Waals surface area contributed by atoms with E-state index in [1.165, 1.54) is 0 Å². The zero-order valence-electron chi connectivity index (χ0n) is 12.9. The van der Waals surface area contributed by atoms with Crippen molar-refractivity contribution in [2.45, 2.75) is 13.0 Å². The van der Waals surface area contributed by atoms with Gasteiger partial charge in [-0.05, 0) is 24.3 Å². The summed E-state index contributed by atoms with van der Waals surface area (Å²) in [6, 6.07) is 11.1. The van der Waals surface area contributed by atoms with E-state index in [1.54, 1.807) is 24.5 Å². The highest BCUT2D eigenvalue weighted by Crippen LogP contribution is 2.29. The van der Waals surface area contributed by atoms with E-state index in [-0.39, 0.29) is 5.91 Å². The molecule has 120 valence electrons. The number of H-pyrrole nitrogens is 1. The number of aromatic nitrogens is 3. The second-order valence-corrected chi connectivity index (χ2v) is 6.19. The van der Waals surface area contributed by atoms with Gasteiger partial charge >= 0.3 is 0 Å². The predicted octanol–water partition coefficient (Wildman–Crippen LogP) is 3.32. The second-order valence-electron chi connectivity index (χ2n) is 5.75. The first kappa shape index (κ1) is 14.9. The average Bonchev–Trinajstić information content (AvgIpc) is 3.05. The maximum atomic E-state index is 12.7. The van der Waals surface area contributed by atoms with Crippen LogP contribution in [0.2, 0.25) is 5.02 Å². The van der Waals surface area contributed by atoms with Crippen molar-refractivity contribution in [2.75, 3.05) is 6.54 Å². The summed E-state index contributed by atoms with van der Waals surface area (Å²) in [6.07, 6.45) is 4.05. The summed E-state index contributed by atoms with van der Waals surface area (Å²) in [7, 11) is 0. The van der Waals surface area contributed by atoms with Crippen LogP contribution in [0.25, 0.3) is 11.3 Å². The van der Waals surface area contributed by atoms with Crippen LogP contribution >= 0.6 is 11.6 Å². The zero-order chi connectivity index (χ0) is 16.5. The molecule has 0 fully saturated rings. The molecule has 6 heteroatoms. The molecule has 0 atom stereocenters. The van der Waals surface area contributed by atoms with Gasteiger partial charge in [0.1, 0.15) is 0 Å². The minimum absolute atomic E-state index is 0.0197. The van der Waals surface area contributed by atoms with Gasteiger partial charge in [-0.25, -0.2) is 0 Å². The van der Waals surface area contributed by atoms with Crippen molar-refractivity contribution in [3.63, 3.8) is 0 Å². The molecule has 0 spiro atoms. The van der Waals surface area contributed by atoms with Crippen molar-refractivity contribution < 1.29 is 4.79 Å². The molecule has 5 nitrogen and oxygen atoms in total. The fourth-order valence-corrected chi connectivity index (χ4v) is 3.12. The Labute approximate surface area is 144 Å². The van der Waals surface area contributed by atoms with Gasteiger partial charge in [-0.2, -0.15) is 5.10 Å². The van der Waals surface area contributed by atoms with Gasteiger partial charge in [-0.1, -0.05) is 23.7 Å². The maximum Gasteiger partial charge on any atom is 0.254 e. The summed E-state index contributed by atoms with van der Waals surface area (Å²) in [4.78, 5) is 18.5. The summed E-state index contributed by atoms with van der Waals surface area (Å²) in [5.41, 5.74) is 4.71. The van der Waals surface area contributed by atoms with Gasteiger partial charge in [0.25, 0.3) is 5.91 Å². The third-order valence-electron chi connectivity index (χ3n) is 4.27. The molecule has 3 aromatic rings. The quantitative estimate of drug-likeness (QED) is 0.779. The Hall–Kier alpha value is -2.66. The molecule has 3 heterocycles. The number of rotatable bonds is 2. The molecule has 1 aliphatic heterocycles. The molecule has 1 aliphatic rings. The number of nitrogens with one attached hydrogen (secondary N) is 1. The van der Waals surface area contributed by atoms with E-state index < -0.39 is 0 Å². The lowest BCUT2D eigenvalue weighted by Crippen LogP contribution is -2.35. The Kier molecular flexibility index (Phi) is 3.78. The highest BCUT2D eigenvalue weighted by molar-refractivity contribution is 6.30. The van der Waals surface area contributed by atoms with E-state index in [4.69, 9.17) is 11.6 Å². The van der Waals surface area contributed by atoms with Crippen molar-refractivity contribution in [2.24, 2.45) is 0 Å². The lowest BCUT2D eigenvalue weighted by Gasteiger charge is -2.27. The maximum absolute atomic E-state index is 12.7. The minimum Gasteiger partial charge on any atom is -0.334 e. The Morgan fingerprint density at radius 1 is 1.12 bits per heavy atom. The highest BCUT2D eigenvalue weighted by Gasteiger charge is 2.26. The van der Waals surface area contributed by atoms with Crippen LogP contribution in [0.15, 0.2) is 48.8 Å². The third-order valence-corrected chi connectivity index (χ3v) is 4.52. The molecular weight excluding hydrogens is 324 g/mol. The number of carbonyl (C=O) groups excluding carboxylic acids is 1. The van der Waals surface area contributed by atoms with Crippen molar-refractivity contribution in [3.05, 3.63) is 70.6 Å². The molecule has 1 amide bonds. The molecule has 0 aliphatic carbocycles. The van der Waals surface area contributed by atoms with Crippen LogP contribution in [0.1, 0.15) is 21.6 Å². The van der Waals surface area contributed by atoms with E-state index in [0.29, 0.717) is 23.7 Å². The lowest BCUT2D eigenvalue weighted by atomic mass is 10.0. The normalized spacial score (nSPS) is 13.6. The molecule has 1 N–H and O–H groups in total. The van der Waals surface area contributed by atoms with E-state index in [0.717, 1.165) is 28.9 Å². The van der Waals surface area contributed by atoms with Crippen molar-refractivity contribution in [1.29, 1.82) is 0 Å². The van der Waals surface area contributed by atoms with Crippen molar-refractivity contribution >= 4 is 17.5 Å². The fourth-order valence-electron chi connectivity index (χ4n) is 2.99. The van der Waals surface area contributed by atoms with Gasteiger partial charge in [0.05, 0.1) is 5.69 Å². The van der Waals surface area contributed by atoms with E-state index >= 15 is 0 Å². The van der Waals surface area contributed by atoms with Crippen LogP contribution in [-0.2, 0) is 13.0 Å². The number of amides is 1. The molecule has 2 aromatic heterocycles. The molecule has 0 saturated carbocycles. The van der Waals surface area contributed by atoms with Gasteiger partial charge < -0.3 is 4.90 Å². The number of benzene rings is 1.